The van der Waals surface area contributed by atoms with Crippen LogP contribution in [0.3, 0.4) is 0 Å². The number of hydrogen-bond acceptors (Lipinski definition) is 3. The molecule has 1 heterocycles. The van der Waals surface area contributed by atoms with E-state index >= 15 is 0 Å². The predicted molar refractivity (Wildman–Crippen MR) is 75.5 cm³/mol. The van der Waals surface area contributed by atoms with Gasteiger partial charge in [-0.3, -0.25) is 4.68 Å². The van der Waals surface area contributed by atoms with Crippen molar-refractivity contribution in [2.75, 3.05) is 0 Å². The zero-order valence-electron chi connectivity index (χ0n) is 11.6. The van der Waals surface area contributed by atoms with Gasteiger partial charge in [-0.25, -0.2) is 13.1 Å². The number of hydrogen-bond donors (Lipinski definition) is 1. The van der Waals surface area contributed by atoms with Crippen LogP contribution in [0, 0.1) is 13.8 Å². The molecule has 0 aliphatic rings. The summed E-state index contributed by atoms with van der Waals surface area (Å²) in [5.41, 5.74) is 0.576. The Balaban J connectivity index is 3.24. The zero-order chi connectivity index (χ0) is 14.3. The molecule has 5 nitrogen and oxygen atoms in total. The lowest BCUT2D eigenvalue weighted by Crippen LogP contribution is -2.48. The average Bonchev–Trinajstić information content (AvgIpc) is 2.38. The van der Waals surface area contributed by atoms with Gasteiger partial charge < -0.3 is 0 Å². The van der Waals surface area contributed by atoms with Crippen molar-refractivity contribution in [3.05, 3.63) is 11.4 Å². The second kappa shape index (κ2) is 4.94. The van der Waals surface area contributed by atoms with Crippen LogP contribution in [0.4, 0.5) is 0 Å². The Morgan fingerprint density at radius 3 is 2.22 bits per heavy atom. The Hall–Kier alpha value is -0.400. The molecule has 1 N–H and O–H groups in total. The molecule has 0 saturated heterocycles. The number of aryl methyl sites for hydroxylation is 2. The van der Waals surface area contributed by atoms with E-state index in [-0.39, 0.29) is 9.72 Å². The van der Waals surface area contributed by atoms with Gasteiger partial charge in [0.15, 0.2) is 0 Å². The summed E-state index contributed by atoms with van der Waals surface area (Å²) in [7, 11) is -1.83. The van der Waals surface area contributed by atoms with Gasteiger partial charge >= 0.3 is 0 Å². The third-order valence-corrected chi connectivity index (χ3v) is 6.17. The van der Waals surface area contributed by atoms with Gasteiger partial charge in [0.2, 0.25) is 10.0 Å². The van der Waals surface area contributed by atoms with Crippen molar-refractivity contribution in [1.82, 2.24) is 14.5 Å². The van der Waals surface area contributed by atoms with Gasteiger partial charge in [0, 0.05) is 17.4 Å². The zero-order valence-corrected chi connectivity index (χ0v) is 14.0. The lowest BCUT2D eigenvalue weighted by Gasteiger charge is -2.28. The van der Waals surface area contributed by atoms with E-state index in [2.05, 4.69) is 25.8 Å². The van der Waals surface area contributed by atoms with Gasteiger partial charge in [-0.05, 0) is 27.7 Å². The summed E-state index contributed by atoms with van der Waals surface area (Å²) in [6.45, 7) is 9.03. The maximum atomic E-state index is 12.4. The topological polar surface area (TPSA) is 64.0 Å². The van der Waals surface area contributed by atoms with E-state index < -0.39 is 15.6 Å². The van der Waals surface area contributed by atoms with E-state index in [1.165, 1.54) is 0 Å². The molecular weight excluding hydrogens is 318 g/mol. The van der Waals surface area contributed by atoms with Crippen LogP contribution in [0.1, 0.15) is 32.2 Å². The maximum Gasteiger partial charge on any atom is 0.244 e. The molecule has 0 aliphatic heterocycles. The van der Waals surface area contributed by atoms with Crippen molar-refractivity contribution in [2.45, 2.75) is 49.9 Å². The molecule has 0 aromatic carbocycles. The smallest absolute Gasteiger partial charge is 0.244 e. The number of rotatable bonds is 4. The minimum Gasteiger partial charge on any atom is -0.271 e. The van der Waals surface area contributed by atoms with Crippen molar-refractivity contribution < 1.29 is 8.42 Å². The fraction of sp³-hybridized carbons (Fsp3) is 0.727. The quantitative estimate of drug-likeness (QED) is 0.853. The van der Waals surface area contributed by atoms with Crippen LogP contribution in [0.25, 0.3) is 0 Å². The molecule has 1 atom stereocenters. The Bertz CT molecular complexity index is 547. The van der Waals surface area contributed by atoms with Crippen molar-refractivity contribution >= 4 is 26.0 Å². The van der Waals surface area contributed by atoms with Crippen molar-refractivity contribution in [3.8, 4) is 0 Å². The molecule has 1 aromatic heterocycles. The fourth-order valence-corrected chi connectivity index (χ4v) is 3.81. The van der Waals surface area contributed by atoms with Crippen LogP contribution in [-0.4, -0.2) is 28.6 Å². The molecular formula is C11H20BrN3O2S. The van der Waals surface area contributed by atoms with E-state index in [1.807, 2.05) is 20.8 Å². The molecule has 0 aliphatic carbocycles. The Kier molecular flexibility index (Phi) is 4.30. The molecule has 1 aromatic rings. The highest BCUT2D eigenvalue weighted by atomic mass is 79.9. The van der Waals surface area contributed by atoms with E-state index in [0.717, 1.165) is 0 Å². The van der Waals surface area contributed by atoms with Crippen LogP contribution < -0.4 is 4.72 Å². The summed E-state index contributed by atoms with van der Waals surface area (Å²) in [5.74, 6) is 0. The van der Waals surface area contributed by atoms with Crippen molar-refractivity contribution in [3.63, 3.8) is 0 Å². The Morgan fingerprint density at radius 2 is 1.89 bits per heavy atom. The Morgan fingerprint density at radius 1 is 1.39 bits per heavy atom. The third-order valence-electron chi connectivity index (χ3n) is 3.10. The number of sulfonamides is 1. The third kappa shape index (κ3) is 2.95. The highest BCUT2D eigenvalue weighted by molar-refractivity contribution is 9.09. The summed E-state index contributed by atoms with van der Waals surface area (Å²) in [6, 6.07) is 0. The second-order valence-electron chi connectivity index (χ2n) is 5.07. The highest BCUT2D eigenvalue weighted by Crippen LogP contribution is 2.23. The first kappa shape index (κ1) is 15.7. The first-order chi connectivity index (χ1) is 7.99. The number of aromatic nitrogens is 2. The molecule has 0 spiro atoms. The fourth-order valence-electron chi connectivity index (χ4n) is 1.62. The summed E-state index contributed by atoms with van der Waals surface area (Å²) >= 11 is 3.42. The second-order valence-corrected chi connectivity index (χ2v) is 8.06. The maximum absolute atomic E-state index is 12.4. The van der Waals surface area contributed by atoms with Crippen LogP contribution in [-0.2, 0) is 17.1 Å². The predicted octanol–water partition coefficient (Wildman–Crippen LogP) is 1.88. The molecule has 0 fully saturated rings. The number of alkyl halides is 1. The first-order valence-electron chi connectivity index (χ1n) is 5.67. The molecule has 1 rings (SSSR count). The van der Waals surface area contributed by atoms with Crippen LogP contribution >= 0.6 is 15.9 Å². The molecule has 7 heteroatoms. The molecule has 18 heavy (non-hydrogen) atoms. The molecule has 0 bridgehead atoms. The van der Waals surface area contributed by atoms with E-state index in [0.29, 0.717) is 11.4 Å². The molecule has 104 valence electrons. The lowest BCUT2D eigenvalue weighted by atomic mass is 10.0. The normalized spacial score (nSPS) is 14.8. The van der Waals surface area contributed by atoms with E-state index in [1.54, 1.807) is 25.6 Å². The monoisotopic (exact) mass is 337 g/mol. The number of halogens is 1. The van der Waals surface area contributed by atoms with Gasteiger partial charge in [0.25, 0.3) is 0 Å². The SMILES string of the molecule is Cc1nn(C)c(C)c1S(=O)(=O)NC(C)(C)C(C)Br. The van der Waals surface area contributed by atoms with Gasteiger partial charge in [0.05, 0.1) is 11.4 Å². The standard InChI is InChI=1S/C11H20BrN3O2S/c1-7-10(8(2)15(6)13-7)18(16,17)14-11(4,5)9(3)12/h9,14H,1-6H3. The summed E-state index contributed by atoms with van der Waals surface area (Å²) < 4.78 is 29.1. The molecule has 0 amide bonds. The number of nitrogens with zero attached hydrogens (tertiary/aromatic N) is 2. The van der Waals surface area contributed by atoms with E-state index in [4.69, 9.17) is 0 Å². The largest absolute Gasteiger partial charge is 0.271 e. The van der Waals surface area contributed by atoms with E-state index in [9.17, 15) is 8.42 Å². The molecule has 0 radical (unpaired) electrons. The first-order valence-corrected chi connectivity index (χ1v) is 8.07. The molecule has 1 unspecified atom stereocenters. The summed E-state index contributed by atoms with van der Waals surface area (Å²) in [6.07, 6.45) is 0. The lowest BCUT2D eigenvalue weighted by molar-refractivity contribution is 0.453. The van der Waals surface area contributed by atoms with Gasteiger partial charge in [-0.15, -0.1) is 0 Å². The number of nitrogens with one attached hydrogen (secondary N) is 1. The minimum absolute atomic E-state index is 0.0112. The van der Waals surface area contributed by atoms with Gasteiger partial charge in [-0.1, -0.05) is 22.9 Å². The minimum atomic E-state index is -3.57. The van der Waals surface area contributed by atoms with Crippen LogP contribution in [0.5, 0.6) is 0 Å². The van der Waals surface area contributed by atoms with Crippen LogP contribution in [0.2, 0.25) is 0 Å². The Labute approximate surface area is 117 Å². The molecule has 0 saturated carbocycles. The van der Waals surface area contributed by atoms with Gasteiger partial charge in [-0.2, -0.15) is 5.10 Å². The highest BCUT2D eigenvalue weighted by Gasteiger charge is 2.33. The van der Waals surface area contributed by atoms with Crippen molar-refractivity contribution in [1.29, 1.82) is 0 Å². The van der Waals surface area contributed by atoms with Gasteiger partial charge in [0.1, 0.15) is 4.90 Å². The van der Waals surface area contributed by atoms with Crippen molar-refractivity contribution in [2.24, 2.45) is 7.05 Å². The summed E-state index contributed by atoms with van der Waals surface area (Å²) in [5, 5.41) is 4.14. The average molecular weight is 338 g/mol. The summed E-state index contributed by atoms with van der Waals surface area (Å²) in [4.78, 5) is 0.281. The van der Waals surface area contributed by atoms with Crippen LogP contribution in [0.15, 0.2) is 4.90 Å².